The van der Waals surface area contributed by atoms with Gasteiger partial charge in [-0.05, 0) is 62.3 Å². The second kappa shape index (κ2) is 10.6. The topological polar surface area (TPSA) is 62.5 Å². The molecule has 0 aliphatic carbocycles. The van der Waals surface area contributed by atoms with Gasteiger partial charge in [-0.15, -0.1) is 0 Å². The lowest BCUT2D eigenvalue weighted by molar-refractivity contribution is 1.08. The van der Waals surface area contributed by atoms with Gasteiger partial charge in [0, 0.05) is 22.1 Å². The molecule has 0 radical (unpaired) electrons. The van der Waals surface area contributed by atoms with Crippen LogP contribution in [0.3, 0.4) is 0 Å². The highest BCUT2D eigenvalue weighted by Gasteiger charge is 2.19. The summed E-state index contributed by atoms with van der Waals surface area (Å²) in [6, 6.07) is 51.6. The normalized spacial score (nSPS) is 11.2. The van der Waals surface area contributed by atoms with Crippen molar-refractivity contribution in [1.82, 2.24) is 15.0 Å². The van der Waals surface area contributed by atoms with Crippen molar-refractivity contribution in [3.63, 3.8) is 0 Å². The molecule has 0 amide bonds. The summed E-state index contributed by atoms with van der Waals surface area (Å²) >= 11 is 0. The molecule has 0 aliphatic heterocycles. The van der Waals surface area contributed by atoms with Crippen LogP contribution >= 0.6 is 0 Å². The number of rotatable bonds is 4. The fraction of sp³-hybridized carbons (Fsp3) is 0. The predicted molar refractivity (Wildman–Crippen MR) is 179 cm³/mol. The molecule has 0 fully saturated rings. The molecule has 44 heavy (non-hydrogen) atoms. The number of benzene rings is 7. The Morgan fingerprint density at radius 3 is 1.50 bits per heavy atom. The molecule has 0 unspecified atom stereocenters. The quantitative estimate of drug-likeness (QED) is 0.201. The van der Waals surface area contributed by atoms with Crippen molar-refractivity contribution < 1.29 is 0 Å². The van der Waals surface area contributed by atoms with E-state index in [0.29, 0.717) is 23.0 Å². The summed E-state index contributed by atoms with van der Waals surface area (Å²) in [5.74, 6) is 1.83. The predicted octanol–water partition coefficient (Wildman–Crippen LogP) is 9.87. The van der Waals surface area contributed by atoms with Crippen LogP contribution in [0, 0.1) is 11.3 Å². The van der Waals surface area contributed by atoms with E-state index in [9.17, 15) is 5.26 Å². The van der Waals surface area contributed by atoms with E-state index in [1.807, 2.05) is 84.9 Å². The molecule has 0 aliphatic rings. The van der Waals surface area contributed by atoms with Gasteiger partial charge in [-0.25, -0.2) is 15.0 Å². The summed E-state index contributed by atoms with van der Waals surface area (Å²) in [5, 5.41) is 16.5. The second-order valence-corrected chi connectivity index (χ2v) is 10.8. The SMILES string of the molecule is N#Cc1cccc(-c2cc(-c3nc(-c4ccccc4)nc(-c4ccccc4)n3)c3c4ccccc4c4ccccc4c3c2)c1. The molecule has 0 saturated heterocycles. The molecule has 1 heterocycles. The Hall–Kier alpha value is -6.18. The Balaban J connectivity index is 1.53. The van der Waals surface area contributed by atoms with Gasteiger partial charge >= 0.3 is 0 Å². The van der Waals surface area contributed by atoms with E-state index in [1.54, 1.807) is 0 Å². The first-order chi connectivity index (χ1) is 21.8. The largest absolute Gasteiger partial charge is 0.208 e. The van der Waals surface area contributed by atoms with E-state index in [1.165, 1.54) is 10.8 Å². The Morgan fingerprint density at radius 1 is 0.386 bits per heavy atom. The number of nitrogens with zero attached hydrogens (tertiary/aromatic N) is 4. The minimum absolute atomic E-state index is 0.599. The van der Waals surface area contributed by atoms with Crippen molar-refractivity contribution in [2.24, 2.45) is 0 Å². The zero-order valence-electron chi connectivity index (χ0n) is 23.6. The monoisotopic (exact) mass is 560 g/mol. The van der Waals surface area contributed by atoms with Crippen LogP contribution in [0.25, 0.3) is 77.6 Å². The summed E-state index contributed by atoms with van der Waals surface area (Å²) in [7, 11) is 0. The minimum Gasteiger partial charge on any atom is -0.208 e. The average Bonchev–Trinajstić information content (AvgIpc) is 3.12. The van der Waals surface area contributed by atoms with E-state index >= 15 is 0 Å². The second-order valence-electron chi connectivity index (χ2n) is 10.8. The highest BCUT2D eigenvalue weighted by atomic mass is 15.0. The van der Waals surface area contributed by atoms with E-state index < -0.39 is 0 Å². The molecule has 0 atom stereocenters. The summed E-state index contributed by atoms with van der Waals surface area (Å²) < 4.78 is 0. The fourth-order valence-corrected chi connectivity index (χ4v) is 6.07. The molecule has 4 heteroatoms. The minimum atomic E-state index is 0.599. The molecular weight excluding hydrogens is 536 g/mol. The summed E-state index contributed by atoms with van der Waals surface area (Å²) in [6.45, 7) is 0. The molecule has 7 aromatic carbocycles. The van der Waals surface area contributed by atoms with Crippen molar-refractivity contribution in [3.8, 4) is 51.4 Å². The first-order valence-corrected chi connectivity index (χ1v) is 14.5. The average molecular weight is 561 g/mol. The molecule has 0 saturated carbocycles. The van der Waals surface area contributed by atoms with E-state index in [2.05, 4.69) is 66.7 Å². The third kappa shape index (κ3) is 4.36. The lowest BCUT2D eigenvalue weighted by Crippen LogP contribution is -2.01. The molecule has 8 aromatic rings. The smallest absolute Gasteiger partial charge is 0.164 e. The molecule has 0 bridgehead atoms. The van der Waals surface area contributed by atoms with Gasteiger partial charge in [0.2, 0.25) is 0 Å². The molecule has 1 aromatic heterocycles. The van der Waals surface area contributed by atoms with Gasteiger partial charge in [0.15, 0.2) is 17.5 Å². The van der Waals surface area contributed by atoms with Crippen molar-refractivity contribution >= 4 is 32.3 Å². The van der Waals surface area contributed by atoms with E-state index in [0.717, 1.165) is 49.4 Å². The molecule has 0 spiro atoms. The lowest BCUT2D eigenvalue weighted by atomic mass is 9.88. The van der Waals surface area contributed by atoms with Gasteiger partial charge < -0.3 is 0 Å². The van der Waals surface area contributed by atoms with Gasteiger partial charge in [0.05, 0.1) is 11.6 Å². The van der Waals surface area contributed by atoms with Gasteiger partial charge in [0.1, 0.15) is 0 Å². The van der Waals surface area contributed by atoms with Crippen molar-refractivity contribution in [2.75, 3.05) is 0 Å². The van der Waals surface area contributed by atoms with Crippen molar-refractivity contribution in [1.29, 1.82) is 5.26 Å². The van der Waals surface area contributed by atoms with Gasteiger partial charge in [-0.1, -0.05) is 121 Å². The summed E-state index contributed by atoms with van der Waals surface area (Å²) in [4.78, 5) is 15.2. The highest BCUT2D eigenvalue weighted by molar-refractivity contribution is 6.28. The van der Waals surface area contributed by atoms with Crippen LogP contribution < -0.4 is 0 Å². The lowest BCUT2D eigenvalue weighted by Gasteiger charge is -2.17. The van der Waals surface area contributed by atoms with Crippen LogP contribution in [0.1, 0.15) is 5.56 Å². The first kappa shape index (κ1) is 25.5. The highest BCUT2D eigenvalue weighted by Crippen LogP contribution is 2.42. The van der Waals surface area contributed by atoms with Crippen LogP contribution in [-0.4, -0.2) is 15.0 Å². The maximum atomic E-state index is 9.67. The molecule has 204 valence electrons. The number of fused-ring (bicyclic) bond motifs is 6. The van der Waals surface area contributed by atoms with E-state index in [4.69, 9.17) is 15.0 Å². The number of aromatic nitrogens is 3. The number of hydrogen-bond acceptors (Lipinski definition) is 4. The first-order valence-electron chi connectivity index (χ1n) is 14.5. The summed E-state index contributed by atoms with van der Waals surface area (Å²) in [6.07, 6.45) is 0. The zero-order valence-corrected chi connectivity index (χ0v) is 23.6. The van der Waals surface area contributed by atoms with Gasteiger partial charge in [0.25, 0.3) is 0 Å². The van der Waals surface area contributed by atoms with Gasteiger partial charge in [-0.3, -0.25) is 0 Å². The molecule has 4 nitrogen and oxygen atoms in total. The van der Waals surface area contributed by atoms with Gasteiger partial charge in [-0.2, -0.15) is 5.26 Å². The molecule has 0 N–H and O–H groups in total. The Labute approximate surface area is 254 Å². The Bertz CT molecular complexity index is 2330. The van der Waals surface area contributed by atoms with Crippen LogP contribution in [0.2, 0.25) is 0 Å². The molecular formula is C40H24N4. The number of nitriles is 1. The van der Waals surface area contributed by atoms with Crippen LogP contribution in [0.4, 0.5) is 0 Å². The van der Waals surface area contributed by atoms with Crippen molar-refractivity contribution in [3.05, 3.63) is 151 Å². The van der Waals surface area contributed by atoms with Crippen LogP contribution in [-0.2, 0) is 0 Å². The standard InChI is InChI=1S/C40H24N4/c41-25-26-12-11-17-29(22-26)30-23-35-33-20-8-7-18-31(33)32-19-9-10-21-34(32)37(35)36(24-30)40-43-38(27-13-3-1-4-14-27)42-39(44-40)28-15-5-2-6-16-28/h1-24H. The van der Waals surface area contributed by atoms with E-state index in [-0.39, 0.29) is 0 Å². The zero-order chi connectivity index (χ0) is 29.5. The third-order valence-electron chi connectivity index (χ3n) is 8.11. The maximum Gasteiger partial charge on any atom is 0.164 e. The number of hydrogen-bond donors (Lipinski definition) is 0. The maximum absolute atomic E-state index is 9.67. The van der Waals surface area contributed by atoms with Crippen LogP contribution in [0.5, 0.6) is 0 Å². The van der Waals surface area contributed by atoms with Crippen molar-refractivity contribution in [2.45, 2.75) is 0 Å². The molecule has 8 rings (SSSR count). The Kier molecular flexibility index (Phi) is 6.14. The third-order valence-corrected chi connectivity index (χ3v) is 8.11. The summed E-state index contributed by atoms with van der Waals surface area (Å²) in [5.41, 5.74) is 5.33. The fourth-order valence-electron chi connectivity index (χ4n) is 6.07. The Morgan fingerprint density at radius 2 is 0.886 bits per heavy atom. The van der Waals surface area contributed by atoms with Crippen LogP contribution in [0.15, 0.2) is 146 Å².